The summed E-state index contributed by atoms with van der Waals surface area (Å²) in [5, 5.41) is 0. The Bertz CT molecular complexity index is 618. The molecule has 6 heteroatoms. The third kappa shape index (κ3) is 2.99. The van der Waals surface area contributed by atoms with E-state index < -0.39 is 10.0 Å². The van der Waals surface area contributed by atoms with Gasteiger partial charge in [0.2, 0.25) is 10.0 Å². The minimum absolute atomic E-state index is 0.359. The molecular formula is C15H23N3O2S. The fourth-order valence-corrected chi connectivity index (χ4v) is 4.63. The Morgan fingerprint density at radius 1 is 1.19 bits per heavy atom. The number of aryl methyl sites for hydroxylation is 1. The maximum Gasteiger partial charge on any atom is 0.243 e. The highest BCUT2D eigenvalue weighted by Gasteiger charge is 2.35. The summed E-state index contributed by atoms with van der Waals surface area (Å²) < 4.78 is 27.3. The van der Waals surface area contributed by atoms with Gasteiger partial charge in [0.05, 0.1) is 4.90 Å². The van der Waals surface area contributed by atoms with Crippen molar-refractivity contribution >= 4 is 10.0 Å². The van der Waals surface area contributed by atoms with Crippen LogP contribution in [0.5, 0.6) is 0 Å². The quantitative estimate of drug-likeness (QED) is 0.898. The van der Waals surface area contributed by atoms with Crippen LogP contribution in [0, 0.1) is 6.92 Å². The molecule has 1 saturated heterocycles. The van der Waals surface area contributed by atoms with Gasteiger partial charge in [0.25, 0.3) is 0 Å². The van der Waals surface area contributed by atoms with Crippen LogP contribution in [0.4, 0.5) is 0 Å². The van der Waals surface area contributed by atoms with Crippen molar-refractivity contribution in [1.82, 2.24) is 9.21 Å². The van der Waals surface area contributed by atoms with E-state index in [-0.39, 0.29) is 0 Å². The summed E-state index contributed by atoms with van der Waals surface area (Å²) in [6.07, 6.45) is 2.54. The van der Waals surface area contributed by atoms with E-state index in [4.69, 9.17) is 5.73 Å². The zero-order valence-corrected chi connectivity index (χ0v) is 13.3. The first-order valence-electron chi connectivity index (χ1n) is 7.56. The monoisotopic (exact) mass is 309 g/mol. The molecule has 0 bridgehead atoms. The number of rotatable bonds is 4. The van der Waals surface area contributed by atoms with Gasteiger partial charge in [0.15, 0.2) is 0 Å². The van der Waals surface area contributed by atoms with Crippen LogP contribution in [0.25, 0.3) is 0 Å². The zero-order chi connectivity index (χ0) is 15.0. The van der Waals surface area contributed by atoms with Crippen molar-refractivity contribution in [3.63, 3.8) is 0 Å². The molecule has 0 aromatic heterocycles. The van der Waals surface area contributed by atoms with E-state index in [1.54, 1.807) is 10.4 Å². The number of hydrogen-bond donors (Lipinski definition) is 1. The van der Waals surface area contributed by atoms with Crippen molar-refractivity contribution < 1.29 is 8.42 Å². The highest BCUT2D eigenvalue weighted by molar-refractivity contribution is 7.89. The lowest BCUT2D eigenvalue weighted by Gasteiger charge is -2.34. The fraction of sp³-hybridized carbons (Fsp3) is 0.600. The number of piperazine rings is 1. The summed E-state index contributed by atoms with van der Waals surface area (Å²) in [7, 11) is -3.40. The number of hydrogen-bond acceptors (Lipinski definition) is 4. The van der Waals surface area contributed by atoms with E-state index in [2.05, 4.69) is 4.90 Å². The van der Waals surface area contributed by atoms with Crippen LogP contribution in [0.1, 0.15) is 24.0 Å². The first kappa shape index (κ1) is 15.0. The SMILES string of the molecule is Cc1ccc(CN)cc1S(=O)(=O)N1CCN(C2CC2)CC1. The van der Waals surface area contributed by atoms with E-state index in [1.807, 2.05) is 19.1 Å². The third-order valence-electron chi connectivity index (χ3n) is 4.44. The van der Waals surface area contributed by atoms with E-state index in [0.717, 1.165) is 24.2 Å². The number of nitrogens with zero attached hydrogens (tertiary/aromatic N) is 2. The predicted octanol–water partition coefficient (Wildman–Crippen LogP) is 0.922. The Labute approximate surface area is 126 Å². The van der Waals surface area contributed by atoms with Gasteiger partial charge in [-0.2, -0.15) is 4.31 Å². The summed E-state index contributed by atoms with van der Waals surface area (Å²) in [4.78, 5) is 2.82. The molecule has 1 aromatic carbocycles. The van der Waals surface area contributed by atoms with Crippen molar-refractivity contribution in [2.24, 2.45) is 5.73 Å². The van der Waals surface area contributed by atoms with Gasteiger partial charge >= 0.3 is 0 Å². The standard InChI is InChI=1S/C15H23N3O2S/c1-12-2-3-13(11-16)10-15(12)21(19,20)18-8-6-17(7-9-18)14-4-5-14/h2-3,10,14H,4-9,11,16H2,1H3. The molecule has 2 aliphatic rings. The Balaban J connectivity index is 1.80. The van der Waals surface area contributed by atoms with Crippen LogP contribution in [-0.4, -0.2) is 49.8 Å². The lowest BCUT2D eigenvalue weighted by molar-refractivity contribution is 0.180. The molecule has 116 valence electrons. The summed E-state index contributed by atoms with van der Waals surface area (Å²) in [6.45, 7) is 5.07. The highest BCUT2D eigenvalue weighted by Crippen LogP contribution is 2.29. The molecule has 2 fully saturated rings. The van der Waals surface area contributed by atoms with Gasteiger partial charge in [-0.25, -0.2) is 8.42 Å². The number of sulfonamides is 1. The van der Waals surface area contributed by atoms with Crippen molar-refractivity contribution in [1.29, 1.82) is 0 Å². The van der Waals surface area contributed by atoms with Gasteiger partial charge in [0.1, 0.15) is 0 Å². The molecule has 1 aliphatic heterocycles. The van der Waals surface area contributed by atoms with Gasteiger partial charge in [-0.1, -0.05) is 12.1 Å². The van der Waals surface area contributed by atoms with E-state index in [1.165, 1.54) is 12.8 Å². The first-order valence-corrected chi connectivity index (χ1v) is 9.00. The van der Waals surface area contributed by atoms with Gasteiger partial charge < -0.3 is 5.73 Å². The van der Waals surface area contributed by atoms with Crippen molar-refractivity contribution in [2.45, 2.75) is 37.2 Å². The molecule has 5 nitrogen and oxygen atoms in total. The van der Waals surface area contributed by atoms with Crippen molar-refractivity contribution in [3.05, 3.63) is 29.3 Å². The summed E-state index contributed by atoms with van der Waals surface area (Å²) in [6, 6.07) is 6.16. The third-order valence-corrected chi connectivity index (χ3v) is 6.48. The summed E-state index contributed by atoms with van der Waals surface area (Å²) in [5.74, 6) is 0. The molecular weight excluding hydrogens is 286 g/mol. The highest BCUT2D eigenvalue weighted by atomic mass is 32.2. The minimum atomic E-state index is -3.40. The topological polar surface area (TPSA) is 66.6 Å². The van der Waals surface area contributed by atoms with Gasteiger partial charge in [-0.3, -0.25) is 4.90 Å². The first-order chi connectivity index (χ1) is 10.0. The lowest BCUT2D eigenvalue weighted by Crippen LogP contribution is -2.49. The fourth-order valence-electron chi connectivity index (χ4n) is 2.94. The molecule has 0 unspecified atom stereocenters. The normalized spacial score (nSPS) is 21.6. The maximum absolute atomic E-state index is 12.8. The van der Waals surface area contributed by atoms with Crippen LogP contribution in [0.3, 0.4) is 0 Å². The van der Waals surface area contributed by atoms with Gasteiger partial charge in [0, 0.05) is 38.8 Å². The largest absolute Gasteiger partial charge is 0.326 e. The van der Waals surface area contributed by atoms with E-state index in [0.29, 0.717) is 30.6 Å². The van der Waals surface area contributed by atoms with Crippen LogP contribution in [-0.2, 0) is 16.6 Å². The van der Waals surface area contributed by atoms with Gasteiger partial charge in [-0.05, 0) is 37.0 Å². The Hall–Kier alpha value is -0.950. The van der Waals surface area contributed by atoms with Crippen LogP contribution >= 0.6 is 0 Å². The molecule has 0 amide bonds. The van der Waals surface area contributed by atoms with Crippen LogP contribution in [0.2, 0.25) is 0 Å². The molecule has 0 spiro atoms. The summed E-state index contributed by atoms with van der Waals surface area (Å²) >= 11 is 0. The second kappa shape index (κ2) is 5.68. The van der Waals surface area contributed by atoms with Gasteiger partial charge in [-0.15, -0.1) is 0 Å². The zero-order valence-electron chi connectivity index (χ0n) is 12.5. The van der Waals surface area contributed by atoms with E-state index in [9.17, 15) is 8.42 Å². The lowest BCUT2D eigenvalue weighted by atomic mass is 10.1. The van der Waals surface area contributed by atoms with E-state index >= 15 is 0 Å². The summed E-state index contributed by atoms with van der Waals surface area (Å²) in [5.41, 5.74) is 7.28. The Morgan fingerprint density at radius 2 is 1.86 bits per heavy atom. The number of nitrogens with two attached hydrogens (primary N) is 1. The van der Waals surface area contributed by atoms with Crippen molar-refractivity contribution in [3.8, 4) is 0 Å². The van der Waals surface area contributed by atoms with Crippen LogP contribution in [0.15, 0.2) is 23.1 Å². The molecule has 1 saturated carbocycles. The molecule has 0 atom stereocenters. The number of benzene rings is 1. The smallest absolute Gasteiger partial charge is 0.243 e. The average molecular weight is 309 g/mol. The maximum atomic E-state index is 12.8. The average Bonchev–Trinajstić information content (AvgIpc) is 3.32. The van der Waals surface area contributed by atoms with Crippen LogP contribution < -0.4 is 5.73 Å². The second-order valence-electron chi connectivity index (χ2n) is 5.98. The molecule has 3 rings (SSSR count). The molecule has 2 N–H and O–H groups in total. The predicted molar refractivity (Wildman–Crippen MR) is 82.4 cm³/mol. The minimum Gasteiger partial charge on any atom is -0.326 e. The second-order valence-corrected chi connectivity index (χ2v) is 7.88. The van der Waals surface area contributed by atoms with Crippen molar-refractivity contribution in [2.75, 3.05) is 26.2 Å². The Morgan fingerprint density at radius 3 is 2.43 bits per heavy atom. The molecule has 21 heavy (non-hydrogen) atoms. The molecule has 1 aliphatic carbocycles. The molecule has 1 heterocycles. The molecule has 0 radical (unpaired) electrons. The Kier molecular flexibility index (Phi) is 4.05. The molecule has 1 aromatic rings.